The van der Waals surface area contributed by atoms with Crippen LogP contribution < -0.4 is 10.0 Å². The predicted molar refractivity (Wildman–Crippen MR) is 74.2 cm³/mol. The highest BCUT2D eigenvalue weighted by Gasteiger charge is 2.25. The third-order valence-corrected chi connectivity index (χ3v) is 5.43. The fraction of sp³-hybridized carbons (Fsp3) is 0.571. The summed E-state index contributed by atoms with van der Waals surface area (Å²) in [5.74, 6) is -0.360. The van der Waals surface area contributed by atoms with Gasteiger partial charge in [-0.15, -0.1) is 0 Å². The zero-order chi connectivity index (χ0) is 14.2. The second-order valence-corrected chi connectivity index (χ2v) is 7.37. The van der Waals surface area contributed by atoms with Gasteiger partial charge in [0.05, 0.1) is 4.90 Å². The normalized spacial score (nSPS) is 19.9. The van der Waals surface area contributed by atoms with Crippen molar-refractivity contribution in [3.63, 3.8) is 0 Å². The molecule has 0 bridgehead atoms. The minimum Gasteiger partial charge on any atom is -0.310 e. The van der Waals surface area contributed by atoms with Gasteiger partial charge in [0, 0.05) is 24.2 Å². The van der Waals surface area contributed by atoms with E-state index in [9.17, 15) is 12.8 Å². The second kappa shape index (κ2) is 5.42. The summed E-state index contributed by atoms with van der Waals surface area (Å²) in [4.78, 5) is 0.151. The van der Waals surface area contributed by atoms with Crippen molar-refractivity contribution in [2.75, 3.05) is 0 Å². The number of sulfonamides is 1. The van der Waals surface area contributed by atoms with Crippen LogP contribution in [0.5, 0.6) is 0 Å². The Bertz CT molecular complexity index is 595. The molecule has 2 aliphatic carbocycles. The molecule has 1 aromatic carbocycles. The van der Waals surface area contributed by atoms with Crippen molar-refractivity contribution in [1.29, 1.82) is 0 Å². The molecule has 1 aromatic rings. The van der Waals surface area contributed by atoms with Gasteiger partial charge in [-0.3, -0.25) is 0 Å². The van der Waals surface area contributed by atoms with Gasteiger partial charge in [-0.2, -0.15) is 0 Å². The van der Waals surface area contributed by atoms with Crippen molar-refractivity contribution in [2.45, 2.75) is 55.6 Å². The summed E-state index contributed by atoms with van der Waals surface area (Å²) in [5, 5.41) is 3.20. The summed E-state index contributed by atoms with van der Waals surface area (Å²) < 4.78 is 40.8. The van der Waals surface area contributed by atoms with Crippen LogP contribution in [-0.4, -0.2) is 20.5 Å². The van der Waals surface area contributed by atoms with E-state index in [1.54, 1.807) is 0 Å². The van der Waals surface area contributed by atoms with Crippen LogP contribution in [0, 0.1) is 5.82 Å². The number of nitrogens with one attached hydrogen (secondary N) is 2. The summed E-state index contributed by atoms with van der Waals surface area (Å²) in [6.45, 7) is 0.378. The fourth-order valence-electron chi connectivity index (χ4n) is 2.21. The monoisotopic (exact) mass is 298 g/mol. The predicted octanol–water partition coefficient (Wildman–Crippen LogP) is 1.91. The van der Waals surface area contributed by atoms with Crippen LogP contribution in [0.2, 0.25) is 0 Å². The molecule has 2 saturated carbocycles. The zero-order valence-electron chi connectivity index (χ0n) is 11.2. The van der Waals surface area contributed by atoms with Crippen molar-refractivity contribution in [2.24, 2.45) is 0 Å². The number of hydrogen-bond donors (Lipinski definition) is 2. The molecule has 0 heterocycles. The molecular weight excluding hydrogens is 279 g/mol. The third-order valence-electron chi connectivity index (χ3n) is 3.91. The van der Waals surface area contributed by atoms with Gasteiger partial charge >= 0.3 is 0 Å². The first-order chi connectivity index (χ1) is 9.54. The van der Waals surface area contributed by atoms with Gasteiger partial charge in [0.1, 0.15) is 5.82 Å². The van der Waals surface area contributed by atoms with E-state index < -0.39 is 10.0 Å². The van der Waals surface area contributed by atoms with Crippen LogP contribution in [-0.2, 0) is 16.6 Å². The lowest BCUT2D eigenvalue weighted by Crippen LogP contribution is -2.39. The molecule has 0 spiro atoms. The Morgan fingerprint density at radius 3 is 2.50 bits per heavy atom. The van der Waals surface area contributed by atoms with Gasteiger partial charge in [-0.05, 0) is 43.9 Å². The van der Waals surface area contributed by atoms with Crippen LogP contribution in [0.4, 0.5) is 4.39 Å². The number of hydrogen-bond acceptors (Lipinski definition) is 3. The van der Waals surface area contributed by atoms with Gasteiger partial charge in [-0.1, -0.05) is 6.42 Å². The van der Waals surface area contributed by atoms with Crippen molar-refractivity contribution in [3.05, 3.63) is 29.6 Å². The molecule has 2 N–H and O–H groups in total. The van der Waals surface area contributed by atoms with E-state index in [1.807, 2.05) is 0 Å². The lowest BCUT2D eigenvalue weighted by Gasteiger charge is -2.26. The van der Waals surface area contributed by atoms with Gasteiger partial charge < -0.3 is 5.32 Å². The molecule has 0 aromatic heterocycles. The van der Waals surface area contributed by atoms with E-state index in [4.69, 9.17) is 0 Å². The third kappa shape index (κ3) is 3.19. The van der Waals surface area contributed by atoms with Gasteiger partial charge in [0.15, 0.2) is 0 Å². The second-order valence-electron chi connectivity index (χ2n) is 5.66. The van der Waals surface area contributed by atoms with Crippen LogP contribution in [0.25, 0.3) is 0 Å². The molecule has 0 radical (unpaired) electrons. The maximum Gasteiger partial charge on any atom is 0.240 e. The lowest BCUT2D eigenvalue weighted by atomic mass is 9.94. The lowest BCUT2D eigenvalue weighted by molar-refractivity contribution is 0.383. The summed E-state index contributed by atoms with van der Waals surface area (Å²) in [5.41, 5.74) is 0.411. The largest absolute Gasteiger partial charge is 0.310 e. The van der Waals surface area contributed by atoms with Crippen LogP contribution in [0.1, 0.15) is 37.7 Å². The Morgan fingerprint density at radius 2 is 1.90 bits per heavy atom. The first kappa shape index (κ1) is 14.0. The summed E-state index contributed by atoms with van der Waals surface area (Å²) in [6, 6.07) is 4.50. The standard InChI is InChI=1S/C14H19FN2O2S/c15-14-7-6-13(8-10(14)9-16-11-4-5-11)20(18,19)17-12-2-1-3-12/h6-8,11-12,16-17H,1-5,9H2. The minimum atomic E-state index is -3.53. The molecule has 4 nitrogen and oxygen atoms in total. The van der Waals surface area contributed by atoms with Crippen LogP contribution in [0.15, 0.2) is 23.1 Å². The first-order valence-electron chi connectivity index (χ1n) is 7.09. The number of rotatable bonds is 6. The highest BCUT2D eigenvalue weighted by Crippen LogP contribution is 2.23. The summed E-state index contributed by atoms with van der Waals surface area (Å²) in [7, 11) is -3.53. The van der Waals surface area contributed by atoms with Gasteiger partial charge in [0.2, 0.25) is 10.0 Å². The maximum atomic E-state index is 13.7. The fourth-order valence-corrected chi connectivity index (χ4v) is 3.56. The smallest absolute Gasteiger partial charge is 0.240 e. The SMILES string of the molecule is O=S(=O)(NC1CCC1)c1ccc(F)c(CNC2CC2)c1. The molecule has 6 heteroatoms. The number of benzene rings is 1. The topological polar surface area (TPSA) is 58.2 Å². The summed E-state index contributed by atoms with van der Waals surface area (Å²) >= 11 is 0. The van der Waals surface area contributed by atoms with Crippen LogP contribution >= 0.6 is 0 Å². The Kier molecular flexibility index (Phi) is 3.79. The Balaban J connectivity index is 1.75. The molecule has 0 saturated heterocycles. The van der Waals surface area contributed by atoms with Gasteiger partial charge in [0.25, 0.3) is 0 Å². The summed E-state index contributed by atoms with van der Waals surface area (Å²) in [6.07, 6.45) is 5.06. The molecule has 0 amide bonds. The highest BCUT2D eigenvalue weighted by molar-refractivity contribution is 7.89. The molecule has 0 atom stereocenters. The number of halogens is 1. The van der Waals surface area contributed by atoms with E-state index in [-0.39, 0.29) is 16.8 Å². The molecule has 0 aliphatic heterocycles. The molecule has 2 fully saturated rings. The molecule has 110 valence electrons. The molecule has 3 rings (SSSR count). The van der Waals surface area contributed by atoms with E-state index in [1.165, 1.54) is 18.2 Å². The average Bonchev–Trinajstić information content (AvgIpc) is 3.17. The van der Waals surface area contributed by atoms with Gasteiger partial charge in [-0.25, -0.2) is 17.5 Å². The molecular formula is C14H19FN2O2S. The van der Waals surface area contributed by atoms with E-state index in [0.29, 0.717) is 18.2 Å². The molecule has 2 aliphatic rings. The Hall–Kier alpha value is -0.980. The highest BCUT2D eigenvalue weighted by atomic mass is 32.2. The molecule has 0 unspecified atom stereocenters. The average molecular weight is 298 g/mol. The van der Waals surface area contributed by atoms with E-state index >= 15 is 0 Å². The van der Waals surface area contributed by atoms with E-state index in [2.05, 4.69) is 10.0 Å². The quantitative estimate of drug-likeness (QED) is 0.843. The van der Waals surface area contributed by atoms with E-state index in [0.717, 1.165) is 32.1 Å². The van der Waals surface area contributed by atoms with Crippen molar-refractivity contribution in [3.8, 4) is 0 Å². The van der Waals surface area contributed by atoms with Crippen molar-refractivity contribution in [1.82, 2.24) is 10.0 Å². The Labute approximate surface area is 118 Å². The first-order valence-corrected chi connectivity index (χ1v) is 8.57. The van der Waals surface area contributed by atoms with Crippen molar-refractivity contribution < 1.29 is 12.8 Å². The minimum absolute atomic E-state index is 0.0399. The maximum absolute atomic E-state index is 13.7. The van der Waals surface area contributed by atoms with Crippen molar-refractivity contribution >= 4 is 10.0 Å². The zero-order valence-corrected chi connectivity index (χ0v) is 12.0. The Morgan fingerprint density at radius 1 is 1.15 bits per heavy atom. The molecule has 20 heavy (non-hydrogen) atoms. The van der Waals surface area contributed by atoms with Crippen LogP contribution in [0.3, 0.4) is 0 Å².